The van der Waals surface area contributed by atoms with Crippen LogP contribution in [0.5, 0.6) is 0 Å². The van der Waals surface area contributed by atoms with Crippen LogP contribution in [0.15, 0.2) is 21.9 Å². The fourth-order valence-electron chi connectivity index (χ4n) is 1.06. The first-order valence-corrected chi connectivity index (χ1v) is 4.66. The highest BCUT2D eigenvalue weighted by molar-refractivity contribution is 7.07. The number of H-pyrrole nitrogens is 1. The van der Waals surface area contributed by atoms with Gasteiger partial charge >= 0.3 is 5.69 Å². The monoisotopic (exact) mass is 193 g/mol. The lowest BCUT2D eigenvalue weighted by molar-refractivity contribution is 1.05. The van der Waals surface area contributed by atoms with Gasteiger partial charge < -0.3 is 4.98 Å². The van der Waals surface area contributed by atoms with Crippen molar-refractivity contribution in [1.82, 2.24) is 15.0 Å². The van der Waals surface area contributed by atoms with E-state index in [-0.39, 0.29) is 5.69 Å². The molecule has 0 saturated heterocycles. The second-order valence-electron chi connectivity index (χ2n) is 2.62. The molecule has 0 fully saturated rings. The maximum absolute atomic E-state index is 10.9. The molecule has 2 aromatic rings. The van der Waals surface area contributed by atoms with Gasteiger partial charge in [-0.15, -0.1) is 11.3 Å². The molecule has 0 unspecified atom stereocenters. The molecule has 0 saturated carbocycles. The molecule has 0 radical (unpaired) electrons. The van der Waals surface area contributed by atoms with Gasteiger partial charge in [-0.2, -0.15) is 0 Å². The summed E-state index contributed by atoms with van der Waals surface area (Å²) in [4.78, 5) is 21.3. The number of nitrogens with one attached hydrogen (secondary N) is 1. The Bertz CT molecular complexity index is 460. The summed E-state index contributed by atoms with van der Waals surface area (Å²) < 4.78 is 0. The first kappa shape index (κ1) is 8.12. The maximum atomic E-state index is 10.9. The fourth-order valence-corrected chi connectivity index (χ4v) is 1.60. The first-order valence-electron chi connectivity index (χ1n) is 3.72. The molecule has 1 N–H and O–H groups in total. The third kappa shape index (κ3) is 1.50. The van der Waals surface area contributed by atoms with E-state index < -0.39 is 0 Å². The number of rotatable bonds is 1. The Hall–Kier alpha value is -1.49. The normalized spacial score (nSPS) is 10.2. The molecular weight excluding hydrogens is 186 g/mol. The molecule has 0 aromatic carbocycles. The summed E-state index contributed by atoms with van der Waals surface area (Å²) in [5, 5.41) is 1.89. The van der Waals surface area contributed by atoms with Gasteiger partial charge in [0, 0.05) is 11.6 Å². The molecule has 2 rings (SSSR count). The zero-order chi connectivity index (χ0) is 9.26. The lowest BCUT2D eigenvalue weighted by Crippen LogP contribution is -2.11. The fraction of sp³-hybridized carbons (Fsp3) is 0.125. The molecule has 0 aliphatic heterocycles. The van der Waals surface area contributed by atoms with E-state index in [4.69, 9.17) is 0 Å². The largest absolute Gasteiger partial charge is 0.345 e. The topological polar surface area (TPSA) is 58.6 Å². The van der Waals surface area contributed by atoms with E-state index in [1.165, 1.54) is 11.3 Å². The number of thiazole rings is 1. The predicted octanol–water partition coefficient (Wildman–Crippen LogP) is 1.20. The maximum Gasteiger partial charge on any atom is 0.345 e. The number of hydrogen-bond acceptors (Lipinski definition) is 4. The standard InChI is InChI=1S/C8H7N3OS/c1-5-2-9-8(12)11-7(5)6-3-13-4-10-6/h2-4H,1H3,(H,9,11,12). The van der Waals surface area contributed by atoms with Gasteiger partial charge in [0.15, 0.2) is 0 Å². The van der Waals surface area contributed by atoms with Crippen LogP contribution in [0.3, 0.4) is 0 Å². The zero-order valence-electron chi connectivity index (χ0n) is 6.94. The number of aryl methyl sites for hydroxylation is 1. The number of aromatic nitrogens is 3. The minimum Gasteiger partial charge on any atom is -0.304 e. The van der Waals surface area contributed by atoms with Crippen LogP contribution in [0.1, 0.15) is 5.56 Å². The molecule has 2 heterocycles. The first-order chi connectivity index (χ1) is 6.27. The quantitative estimate of drug-likeness (QED) is 0.740. The van der Waals surface area contributed by atoms with Crippen LogP contribution in [-0.4, -0.2) is 15.0 Å². The van der Waals surface area contributed by atoms with E-state index in [1.54, 1.807) is 11.7 Å². The molecule has 4 nitrogen and oxygen atoms in total. The Morgan fingerprint density at radius 2 is 2.31 bits per heavy atom. The minimum absolute atomic E-state index is 0.339. The Labute approximate surface area is 78.3 Å². The van der Waals surface area contributed by atoms with E-state index in [2.05, 4.69) is 15.0 Å². The molecule has 66 valence electrons. The van der Waals surface area contributed by atoms with Crippen molar-refractivity contribution in [3.05, 3.63) is 33.1 Å². The third-order valence-corrected chi connectivity index (χ3v) is 2.28. The highest BCUT2D eigenvalue weighted by Gasteiger charge is 2.04. The summed E-state index contributed by atoms with van der Waals surface area (Å²) in [6, 6.07) is 0. The van der Waals surface area contributed by atoms with Crippen molar-refractivity contribution in [2.24, 2.45) is 0 Å². The van der Waals surface area contributed by atoms with E-state index in [0.717, 1.165) is 17.0 Å². The summed E-state index contributed by atoms with van der Waals surface area (Å²) in [5.74, 6) is 0. The SMILES string of the molecule is Cc1cnc(=O)[nH]c1-c1cscn1. The highest BCUT2D eigenvalue weighted by atomic mass is 32.1. The molecule has 5 heteroatoms. The van der Waals surface area contributed by atoms with Crippen molar-refractivity contribution in [3.63, 3.8) is 0 Å². The van der Waals surface area contributed by atoms with Gasteiger partial charge in [0.25, 0.3) is 0 Å². The van der Waals surface area contributed by atoms with Crippen molar-refractivity contribution in [2.75, 3.05) is 0 Å². The molecule has 0 atom stereocenters. The van der Waals surface area contributed by atoms with Crippen LogP contribution in [-0.2, 0) is 0 Å². The number of aromatic amines is 1. The molecular formula is C8H7N3OS. The van der Waals surface area contributed by atoms with Gasteiger partial charge in [0.05, 0.1) is 16.9 Å². The van der Waals surface area contributed by atoms with Crippen molar-refractivity contribution in [3.8, 4) is 11.4 Å². The molecule has 0 bridgehead atoms. The van der Waals surface area contributed by atoms with Gasteiger partial charge in [0.2, 0.25) is 0 Å². The summed E-state index contributed by atoms with van der Waals surface area (Å²) in [5.41, 5.74) is 3.86. The van der Waals surface area contributed by atoms with Crippen molar-refractivity contribution < 1.29 is 0 Å². The van der Waals surface area contributed by atoms with Gasteiger partial charge in [0.1, 0.15) is 0 Å². The van der Waals surface area contributed by atoms with Crippen LogP contribution >= 0.6 is 11.3 Å². The van der Waals surface area contributed by atoms with Crippen molar-refractivity contribution in [1.29, 1.82) is 0 Å². The van der Waals surface area contributed by atoms with Crippen LogP contribution in [0.25, 0.3) is 11.4 Å². The molecule has 0 aliphatic rings. The van der Waals surface area contributed by atoms with Crippen LogP contribution in [0, 0.1) is 6.92 Å². The Balaban J connectivity index is 2.64. The Morgan fingerprint density at radius 1 is 1.46 bits per heavy atom. The third-order valence-electron chi connectivity index (χ3n) is 1.69. The number of nitrogens with zero attached hydrogens (tertiary/aromatic N) is 2. The van der Waals surface area contributed by atoms with Crippen LogP contribution in [0.2, 0.25) is 0 Å². The van der Waals surface area contributed by atoms with E-state index in [1.807, 2.05) is 12.3 Å². The average Bonchev–Trinajstić information content (AvgIpc) is 2.61. The van der Waals surface area contributed by atoms with Crippen LogP contribution < -0.4 is 5.69 Å². The molecule has 0 spiro atoms. The Morgan fingerprint density at radius 3 is 3.00 bits per heavy atom. The summed E-state index contributed by atoms with van der Waals surface area (Å²) in [6.45, 7) is 1.89. The average molecular weight is 193 g/mol. The van der Waals surface area contributed by atoms with Gasteiger partial charge in [-0.1, -0.05) is 0 Å². The smallest absolute Gasteiger partial charge is 0.304 e. The highest BCUT2D eigenvalue weighted by Crippen LogP contribution is 2.17. The summed E-state index contributed by atoms with van der Waals surface area (Å²) >= 11 is 1.50. The predicted molar refractivity (Wildman–Crippen MR) is 50.7 cm³/mol. The van der Waals surface area contributed by atoms with E-state index in [0.29, 0.717) is 0 Å². The second kappa shape index (κ2) is 3.10. The summed E-state index contributed by atoms with van der Waals surface area (Å²) in [7, 11) is 0. The van der Waals surface area contributed by atoms with E-state index in [9.17, 15) is 4.79 Å². The van der Waals surface area contributed by atoms with Gasteiger partial charge in [-0.25, -0.2) is 14.8 Å². The minimum atomic E-state index is -0.339. The molecule has 0 aliphatic carbocycles. The van der Waals surface area contributed by atoms with E-state index >= 15 is 0 Å². The van der Waals surface area contributed by atoms with Crippen molar-refractivity contribution >= 4 is 11.3 Å². The van der Waals surface area contributed by atoms with Gasteiger partial charge in [-0.05, 0) is 12.5 Å². The zero-order valence-corrected chi connectivity index (χ0v) is 7.76. The summed E-state index contributed by atoms with van der Waals surface area (Å²) in [6.07, 6.45) is 1.55. The van der Waals surface area contributed by atoms with Crippen LogP contribution in [0.4, 0.5) is 0 Å². The lowest BCUT2D eigenvalue weighted by Gasteiger charge is -1.99. The van der Waals surface area contributed by atoms with Crippen molar-refractivity contribution in [2.45, 2.75) is 6.92 Å². The molecule has 0 amide bonds. The second-order valence-corrected chi connectivity index (χ2v) is 3.34. The lowest BCUT2D eigenvalue weighted by atomic mass is 10.2. The van der Waals surface area contributed by atoms with Gasteiger partial charge in [-0.3, -0.25) is 0 Å². The molecule has 2 aromatic heterocycles. The Kier molecular flexibility index (Phi) is 1.94. The number of hydrogen-bond donors (Lipinski definition) is 1. The molecule has 13 heavy (non-hydrogen) atoms.